The van der Waals surface area contributed by atoms with E-state index in [0.29, 0.717) is 13.0 Å². The summed E-state index contributed by atoms with van der Waals surface area (Å²) in [4.78, 5) is 19.5. The molecule has 0 bridgehead atoms. The summed E-state index contributed by atoms with van der Waals surface area (Å²) in [6.45, 7) is 0.620. The molecule has 0 saturated carbocycles. The largest absolute Gasteiger partial charge is 0.337 e. The summed E-state index contributed by atoms with van der Waals surface area (Å²) < 4.78 is 2.64. The first-order chi connectivity index (χ1) is 8.25. The van der Waals surface area contributed by atoms with E-state index in [-0.39, 0.29) is 5.91 Å². The Morgan fingerprint density at radius 3 is 3.00 bits per heavy atom. The van der Waals surface area contributed by atoms with Gasteiger partial charge in [0.1, 0.15) is 0 Å². The highest BCUT2D eigenvalue weighted by Gasteiger charge is 2.05. The van der Waals surface area contributed by atoms with Crippen molar-refractivity contribution in [2.75, 3.05) is 5.32 Å². The summed E-state index contributed by atoms with van der Waals surface area (Å²) in [6, 6.07) is 1.75. The van der Waals surface area contributed by atoms with Gasteiger partial charge in [-0.25, -0.2) is 4.98 Å². The molecular formula is C11H11BrN4O. The van der Waals surface area contributed by atoms with Crippen LogP contribution in [0.5, 0.6) is 0 Å². The van der Waals surface area contributed by atoms with Gasteiger partial charge in [0, 0.05) is 37.8 Å². The van der Waals surface area contributed by atoms with Gasteiger partial charge in [0.25, 0.3) is 0 Å². The van der Waals surface area contributed by atoms with E-state index in [1.807, 2.05) is 10.8 Å². The van der Waals surface area contributed by atoms with Crippen molar-refractivity contribution in [3.8, 4) is 0 Å². The van der Waals surface area contributed by atoms with Crippen molar-refractivity contribution < 1.29 is 4.79 Å². The summed E-state index contributed by atoms with van der Waals surface area (Å²) in [6.07, 6.45) is 8.90. The molecule has 2 aromatic rings. The van der Waals surface area contributed by atoms with Gasteiger partial charge in [-0.3, -0.25) is 9.78 Å². The molecule has 0 aliphatic rings. The van der Waals surface area contributed by atoms with Gasteiger partial charge in [-0.2, -0.15) is 0 Å². The maximum Gasteiger partial charge on any atom is 0.226 e. The molecule has 0 spiro atoms. The lowest BCUT2D eigenvalue weighted by Crippen LogP contribution is -2.14. The predicted octanol–water partition coefficient (Wildman–Crippen LogP) is 2.07. The molecule has 0 saturated heterocycles. The molecule has 0 unspecified atom stereocenters. The minimum absolute atomic E-state index is 0.0365. The van der Waals surface area contributed by atoms with Crippen LogP contribution in [0.4, 0.5) is 5.69 Å². The number of rotatable bonds is 4. The molecule has 2 rings (SSSR count). The van der Waals surface area contributed by atoms with Gasteiger partial charge in [-0.05, 0) is 22.0 Å². The maximum atomic E-state index is 11.7. The SMILES string of the molecule is O=C(CCn1ccnc1)Nc1ccncc1Br. The molecule has 0 atom stereocenters. The van der Waals surface area contributed by atoms with Gasteiger partial charge in [-0.1, -0.05) is 0 Å². The van der Waals surface area contributed by atoms with Crippen LogP contribution in [0.1, 0.15) is 6.42 Å². The lowest BCUT2D eigenvalue weighted by Gasteiger charge is -2.06. The first-order valence-corrected chi connectivity index (χ1v) is 5.90. The standard InChI is InChI=1S/C11H11BrN4O/c12-9-7-13-3-1-10(9)15-11(17)2-5-16-6-4-14-8-16/h1,3-4,6-8H,2,5H2,(H,13,15,17). The number of carbonyl (C=O) groups is 1. The lowest BCUT2D eigenvalue weighted by molar-refractivity contribution is -0.116. The van der Waals surface area contributed by atoms with Crippen molar-refractivity contribution >= 4 is 27.5 Å². The highest BCUT2D eigenvalue weighted by Crippen LogP contribution is 2.19. The van der Waals surface area contributed by atoms with Crippen LogP contribution in [0, 0.1) is 0 Å². The van der Waals surface area contributed by atoms with Gasteiger partial charge >= 0.3 is 0 Å². The van der Waals surface area contributed by atoms with Gasteiger partial charge in [0.05, 0.1) is 16.5 Å². The number of aromatic nitrogens is 3. The Morgan fingerprint density at radius 2 is 2.29 bits per heavy atom. The second-order valence-corrected chi connectivity index (χ2v) is 4.31. The molecule has 17 heavy (non-hydrogen) atoms. The van der Waals surface area contributed by atoms with E-state index >= 15 is 0 Å². The molecule has 0 aliphatic carbocycles. The number of pyridine rings is 1. The van der Waals surface area contributed by atoms with E-state index in [2.05, 4.69) is 31.2 Å². The minimum Gasteiger partial charge on any atom is -0.337 e. The quantitative estimate of drug-likeness (QED) is 0.939. The van der Waals surface area contributed by atoms with Crippen molar-refractivity contribution in [1.82, 2.24) is 14.5 Å². The second kappa shape index (κ2) is 5.58. The topological polar surface area (TPSA) is 59.8 Å². The molecule has 0 aliphatic heterocycles. The molecule has 2 aromatic heterocycles. The molecule has 0 aromatic carbocycles. The molecule has 1 N–H and O–H groups in total. The van der Waals surface area contributed by atoms with Crippen LogP contribution in [0.25, 0.3) is 0 Å². The van der Waals surface area contributed by atoms with Crippen LogP contribution in [0.2, 0.25) is 0 Å². The van der Waals surface area contributed by atoms with Crippen LogP contribution in [0.3, 0.4) is 0 Å². The third kappa shape index (κ3) is 3.39. The van der Waals surface area contributed by atoms with Gasteiger partial charge < -0.3 is 9.88 Å². The number of hydrogen-bond donors (Lipinski definition) is 1. The zero-order valence-electron chi connectivity index (χ0n) is 9.01. The number of carbonyl (C=O) groups excluding carboxylic acids is 1. The van der Waals surface area contributed by atoms with Gasteiger partial charge in [0.2, 0.25) is 5.91 Å². The van der Waals surface area contributed by atoms with Crippen molar-refractivity contribution in [3.63, 3.8) is 0 Å². The summed E-state index contributed by atoms with van der Waals surface area (Å²) >= 11 is 3.32. The number of anilines is 1. The molecule has 5 nitrogen and oxygen atoms in total. The van der Waals surface area contributed by atoms with E-state index in [9.17, 15) is 4.79 Å². The fraction of sp³-hybridized carbons (Fsp3) is 0.182. The monoisotopic (exact) mass is 294 g/mol. The Morgan fingerprint density at radius 1 is 1.41 bits per heavy atom. The minimum atomic E-state index is -0.0365. The molecule has 0 fully saturated rings. The molecular weight excluding hydrogens is 284 g/mol. The van der Waals surface area contributed by atoms with E-state index in [1.54, 1.807) is 31.0 Å². The highest BCUT2D eigenvalue weighted by atomic mass is 79.9. The Bertz CT molecular complexity index is 498. The van der Waals surface area contributed by atoms with Crippen LogP contribution >= 0.6 is 15.9 Å². The van der Waals surface area contributed by atoms with Crippen LogP contribution in [-0.2, 0) is 11.3 Å². The maximum absolute atomic E-state index is 11.7. The normalized spacial score (nSPS) is 10.2. The smallest absolute Gasteiger partial charge is 0.226 e. The van der Waals surface area contributed by atoms with Crippen molar-refractivity contribution in [2.24, 2.45) is 0 Å². The summed E-state index contributed by atoms with van der Waals surface area (Å²) in [5.41, 5.74) is 0.732. The number of aryl methyl sites for hydroxylation is 1. The van der Waals surface area contributed by atoms with Crippen molar-refractivity contribution in [3.05, 3.63) is 41.7 Å². The Labute approximate surface area is 107 Å². The number of imidazole rings is 1. The third-order valence-electron chi connectivity index (χ3n) is 2.20. The fourth-order valence-electron chi connectivity index (χ4n) is 1.34. The van der Waals surface area contributed by atoms with E-state index in [1.165, 1.54) is 0 Å². The van der Waals surface area contributed by atoms with E-state index in [0.717, 1.165) is 10.2 Å². The number of halogens is 1. The molecule has 6 heteroatoms. The van der Waals surface area contributed by atoms with E-state index in [4.69, 9.17) is 0 Å². The summed E-state index contributed by atoms with van der Waals surface area (Å²) in [5.74, 6) is -0.0365. The molecule has 0 radical (unpaired) electrons. The Kier molecular flexibility index (Phi) is 3.87. The number of hydrogen-bond acceptors (Lipinski definition) is 3. The number of amides is 1. The number of nitrogens with zero attached hydrogens (tertiary/aromatic N) is 3. The number of nitrogens with one attached hydrogen (secondary N) is 1. The van der Waals surface area contributed by atoms with Crippen LogP contribution in [-0.4, -0.2) is 20.4 Å². The molecule has 2 heterocycles. The van der Waals surface area contributed by atoms with E-state index < -0.39 is 0 Å². The summed E-state index contributed by atoms with van der Waals surface area (Å²) in [7, 11) is 0. The van der Waals surface area contributed by atoms with Gasteiger partial charge in [-0.15, -0.1) is 0 Å². The molecule has 1 amide bonds. The zero-order valence-corrected chi connectivity index (χ0v) is 10.6. The third-order valence-corrected chi connectivity index (χ3v) is 2.83. The van der Waals surface area contributed by atoms with Crippen LogP contribution < -0.4 is 5.32 Å². The van der Waals surface area contributed by atoms with Crippen LogP contribution in [0.15, 0.2) is 41.7 Å². The Hall–Kier alpha value is -1.69. The molecule has 88 valence electrons. The Balaban J connectivity index is 1.87. The first kappa shape index (κ1) is 11.8. The highest BCUT2D eigenvalue weighted by molar-refractivity contribution is 9.10. The van der Waals surface area contributed by atoms with Crippen molar-refractivity contribution in [1.29, 1.82) is 0 Å². The average molecular weight is 295 g/mol. The predicted molar refractivity (Wildman–Crippen MR) is 67.4 cm³/mol. The lowest BCUT2D eigenvalue weighted by atomic mass is 10.3. The summed E-state index contributed by atoms with van der Waals surface area (Å²) in [5, 5.41) is 2.81. The van der Waals surface area contributed by atoms with Crippen molar-refractivity contribution in [2.45, 2.75) is 13.0 Å². The average Bonchev–Trinajstić information content (AvgIpc) is 2.82. The van der Waals surface area contributed by atoms with Gasteiger partial charge in [0.15, 0.2) is 0 Å². The zero-order chi connectivity index (χ0) is 12.1. The second-order valence-electron chi connectivity index (χ2n) is 3.45. The first-order valence-electron chi connectivity index (χ1n) is 5.11. The fourth-order valence-corrected chi connectivity index (χ4v) is 1.69.